The lowest BCUT2D eigenvalue weighted by atomic mass is 9.65. The number of nitrogens with zero attached hydrogens (tertiary/aromatic N) is 2. The van der Waals surface area contributed by atoms with Crippen LogP contribution in [-0.4, -0.2) is 48.6 Å². The highest BCUT2D eigenvalue weighted by molar-refractivity contribution is 7.99. The number of benzene rings is 2. The highest BCUT2D eigenvalue weighted by Crippen LogP contribution is 2.59. The lowest BCUT2D eigenvalue weighted by Gasteiger charge is -2.44. The molecule has 8 heteroatoms. The number of hydrogen-bond donors (Lipinski definition) is 3. The van der Waals surface area contributed by atoms with E-state index in [0.717, 1.165) is 51.8 Å². The molecule has 1 saturated carbocycles. The van der Waals surface area contributed by atoms with Gasteiger partial charge in [-0.2, -0.15) is 5.10 Å². The number of allylic oxidation sites excluding steroid dienone is 2. The van der Waals surface area contributed by atoms with Crippen molar-refractivity contribution in [3.8, 4) is 0 Å². The van der Waals surface area contributed by atoms with Crippen LogP contribution in [0.3, 0.4) is 0 Å². The van der Waals surface area contributed by atoms with Gasteiger partial charge in [-0.05, 0) is 92.5 Å². The Morgan fingerprint density at radius 3 is 2.83 bits per heavy atom. The maximum absolute atomic E-state index is 14.3. The van der Waals surface area contributed by atoms with E-state index in [1.807, 2.05) is 30.3 Å². The predicted molar refractivity (Wildman–Crippen MR) is 166 cm³/mol. The van der Waals surface area contributed by atoms with Crippen LogP contribution in [0.2, 0.25) is 0 Å². The van der Waals surface area contributed by atoms with Gasteiger partial charge in [-0.1, -0.05) is 60.7 Å². The largest absolute Gasteiger partial charge is 0.393 e. The van der Waals surface area contributed by atoms with Crippen molar-refractivity contribution >= 4 is 39.0 Å². The van der Waals surface area contributed by atoms with Crippen LogP contribution >= 0.6 is 23.1 Å². The summed E-state index contributed by atoms with van der Waals surface area (Å²) in [7, 11) is 0. The van der Waals surface area contributed by atoms with E-state index in [0.29, 0.717) is 35.7 Å². The van der Waals surface area contributed by atoms with Crippen LogP contribution in [0, 0.1) is 5.41 Å². The molecule has 1 fully saturated rings. The third-order valence-corrected chi connectivity index (χ3v) is 11.6. The molecule has 3 N–H and O–H groups in total. The van der Waals surface area contributed by atoms with Crippen molar-refractivity contribution in [3.63, 3.8) is 0 Å². The monoisotopic (exact) mass is 587 g/mol. The van der Waals surface area contributed by atoms with Crippen molar-refractivity contribution < 1.29 is 15.0 Å². The van der Waals surface area contributed by atoms with E-state index >= 15 is 0 Å². The Morgan fingerprint density at radius 1 is 1.17 bits per heavy atom. The summed E-state index contributed by atoms with van der Waals surface area (Å²) < 4.78 is 1.10. The molecule has 0 saturated heterocycles. The van der Waals surface area contributed by atoms with Crippen molar-refractivity contribution in [1.29, 1.82) is 0 Å². The fraction of sp³-hybridized carbons (Fsp3) is 0.424. The first-order chi connectivity index (χ1) is 19.8. The minimum atomic E-state index is -0.944. The van der Waals surface area contributed by atoms with Crippen LogP contribution in [0.25, 0.3) is 10.1 Å². The second-order valence-electron chi connectivity index (χ2n) is 12.0. The minimum absolute atomic E-state index is 0.00627. The second-order valence-corrected chi connectivity index (χ2v) is 14.1. The zero-order valence-corrected chi connectivity index (χ0v) is 25.2. The van der Waals surface area contributed by atoms with Gasteiger partial charge in [0.25, 0.3) is 0 Å². The fourth-order valence-electron chi connectivity index (χ4n) is 6.85. The van der Waals surface area contributed by atoms with E-state index in [4.69, 9.17) is 0 Å². The Kier molecular flexibility index (Phi) is 7.94. The summed E-state index contributed by atoms with van der Waals surface area (Å²) in [5.41, 5.74) is 2.55. The van der Waals surface area contributed by atoms with Gasteiger partial charge in [0.15, 0.2) is 5.16 Å². The Labute approximate surface area is 249 Å². The molecule has 6 nitrogen and oxygen atoms in total. The maximum Gasteiger partial charge on any atom is 0.203 e. The van der Waals surface area contributed by atoms with Crippen molar-refractivity contribution in [1.82, 2.24) is 15.2 Å². The molecule has 2 bridgehead atoms. The van der Waals surface area contributed by atoms with Crippen LogP contribution in [0.5, 0.6) is 0 Å². The summed E-state index contributed by atoms with van der Waals surface area (Å²) in [6, 6.07) is 16.3. The number of aliphatic hydroxyl groups excluding tert-OH is 1. The molecule has 214 valence electrons. The molecule has 0 spiro atoms. The van der Waals surface area contributed by atoms with Gasteiger partial charge in [0.2, 0.25) is 5.78 Å². The standard InChI is InChI=1S/C33H37N3O3S2/c1-21-6-5-14-32(2)27(13-15-33(32,39)19-40-31-34-20-35-36-31)25-12-10-22(16-24(37)11-9-21)17-26(25)30(38)29-18-23-7-3-4-8-28(23)41-29/h3-4,6-8,10,12,17-18,20,24,27,37,39H,5,9,11,13-16,19H2,1-2H3,(H,34,35,36)/t24-,27-,32-,33+/m0/s1. The molecule has 4 atom stereocenters. The van der Waals surface area contributed by atoms with Crippen LogP contribution in [0.1, 0.15) is 84.7 Å². The fourth-order valence-corrected chi connectivity index (χ4v) is 8.96. The summed E-state index contributed by atoms with van der Waals surface area (Å²) in [6.45, 7) is 4.35. The van der Waals surface area contributed by atoms with Gasteiger partial charge >= 0.3 is 0 Å². The average Bonchev–Trinajstić information content (AvgIpc) is 3.69. The molecule has 2 aromatic carbocycles. The third kappa shape index (κ3) is 5.55. The summed E-state index contributed by atoms with van der Waals surface area (Å²) in [5, 5.41) is 31.8. The number of nitrogens with one attached hydrogen (secondary N) is 1. The number of thiophene rings is 1. The molecule has 41 heavy (non-hydrogen) atoms. The Bertz CT molecular complexity index is 1550. The van der Waals surface area contributed by atoms with Crippen molar-refractivity contribution in [2.75, 3.05) is 5.75 Å². The first-order valence-corrected chi connectivity index (χ1v) is 16.3. The number of aliphatic hydroxyl groups is 2. The zero-order chi connectivity index (χ0) is 28.6. The number of carbonyl (C=O) groups excluding carboxylic acids is 1. The molecule has 0 amide bonds. The number of ketones is 1. The number of fused-ring (bicyclic) bond motifs is 9. The highest BCUT2D eigenvalue weighted by Gasteiger charge is 2.56. The van der Waals surface area contributed by atoms with Gasteiger partial charge in [-0.15, -0.1) is 11.3 Å². The quantitative estimate of drug-likeness (QED) is 0.131. The number of aromatic amines is 1. The Hall–Kier alpha value is -2.78. The van der Waals surface area contributed by atoms with Crippen molar-refractivity contribution in [2.45, 2.75) is 81.6 Å². The van der Waals surface area contributed by atoms with Crippen molar-refractivity contribution in [3.05, 3.63) is 88.1 Å². The normalized spacial score (nSPS) is 27.0. The van der Waals surface area contributed by atoms with Crippen LogP contribution in [0.15, 0.2) is 71.7 Å². The van der Waals surface area contributed by atoms with Gasteiger partial charge in [0.05, 0.1) is 16.6 Å². The number of rotatable bonds is 5. The summed E-state index contributed by atoms with van der Waals surface area (Å²) in [5.74, 6) is 0.530. The van der Waals surface area contributed by atoms with Crippen LogP contribution in [-0.2, 0) is 6.42 Å². The SMILES string of the molecule is CC1=CCC[C@@]2(C)[C@@H](CC[C@@]2(O)CSc2ncn[nH]2)c2ccc(cc2C(=O)c2cc3ccccc3s2)C[C@@H](O)CC1. The van der Waals surface area contributed by atoms with Crippen LogP contribution < -0.4 is 0 Å². The summed E-state index contributed by atoms with van der Waals surface area (Å²) in [4.78, 5) is 19.3. The third-order valence-electron chi connectivity index (χ3n) is 9.41. The molecule has 3 aliphatic carbocycles. The molecule has 3 aliphatic rings. The van der Waals surface area contributed by atoms with Crippen molar-refractivity contribution in [2.24, 2.45) is 5.41 Å². The number of thioether (sulfide) groups is 1. The van der Waals surface area contributed by atoms with Gasteiger partial charge in [-0.25, -0.2) is 4.98 Å². The zero-order valence-electron chi connectivity index (χ0n) is 23.6. The van der Waals surface area contributed by atoms with Gasteiger partial charge in [-0.3, -0.25) is 9.89 Å². The topological polar surface area (TPSA) is 99.1 Å². The van der Waals surface area contributed by atoms with E-state index in [9.17, 15) is 15.0 Å². The molecular weight excluding hydrogens is 551 g/mol. The summed E-state index contributed by atoms with van der Waals surface area (Å²) in [6.07, 6.45) is 8.40. The second kappa shape index (κ2) is 11.5. The molecule has 0 unspecified atom stereocenters. The predicted octanol–water partition coefficient (Wildman–Crippen LogP) is 7.08. The number of hydrogen-bond acceptors (Lipinski definition) is 7. The van der Waals surface area contributed by atoms with E-state index in [1.54, 1.807) is 0 Å². The van der Waals surface area contributed by atoms with E-state index in [1.165, 1.54) is 35.0 Å². The average molecular weight is 588 g/mol. The van der Waals surface area contributed by atoms with Gasteiger partial charge < -0.3 is 10.2 Å². The highest BCUT2D eigenvalue weighted by atomic mass is 32.2. The van der Waals surface area contributed by atoms with E-state index < -0.39 is 17.1 Å². The lowest BCUT2D eigenvalue weighted by Crippen LogP contribution is -2.46. The molecule has 4 aromatic rings. The van der Waals surface area contributed by atoms with Gasteiger partial charge in [0.1, 0.15) is 6.33 Å². The number of carbonyl (C=O) groups is 1. The maximum atomic E-state index is 14.3. The smallest absolute Gasteiger partial charge is 0.203 e. The summed E-state index contributed by atoms with van der Waals surface area (Å²) >= 11 is 3.03. The number of aromatic nitrogens is 3. The van der Waals surface area contributed by atoms with Crippen LogP contribution in [0.4, 0.5) is 0 Å². The van der Waals surface area contributed by atoms with E-state index in [-0.39, 0.29) is 11.7 Å². The molecule has 2 heterocycles. The molecular formula is C33H37N3O3S2. The van der Waals surface area contributed by atoms with Gasteiger partial charge in [0, 0.05) is 21.4 Å². The first kappa shape index (κ1) is 28.3. The number of H-pyrrole nitrogens is 1. The lowest BCUT2D eigenvalue weighted by molar-refractivity contribution is -0.0422. The minimum Gasteiger partial charge on any atom is -0.393 e. The molecule has 7 rings (SSSR count). The van der Waals surface area contributed by atoms with E-state index in [2.05, 4.69) is 53.3 Å². The molecule has 2 aromatic heterocycles. The Balaban J connectivity index is 1.44. The molecule has 0 radical (unpaired) electrons. The molecule has 0 aliphatic heterocycles. The first-order valence-electron chi connectivity index (χ1n) is 14.5. The Morgan fingerprint density at radius 2 is 2.02 bits per heavy atom.